The number of nitrogens with two attached hydrogens (primary N) is 2. The zero-order valence-corrected chi connectivity index (χ0v) is 11.5. The van der Waals surface area contributed by atoms with Gasteiger partial charge < -0.3 is 16.4 Å². The maximum absolute atomic E-state index is 11.4. The predicted molar refractivity (Wildman–Crippen MR) is 74.0 cm³/mol. The molecule has 0 radical (unpaired) electrons. The van der Waals surface area contributed by atoms with E-state index in [2.05, 4.69) is 10.6 Å². The fourth-order valence-corrected chi connectivity index (χ4v) is 1.99. The number of benzene rings is 1. The molecule has 0 aromatic heterocycles. The Bertz CT molecular complexity index is 557. The lowest BCUT2D eigenvalue weighted by molar-refractivity contribution is -0.119. The highest BCUT2D eigenvalue weighted by atomic mass is 32.2. The van der Waals surface area contributed by atoms with Crippen LogP contribution < -0.4 is 21.5 Å². The van der Waals surface area contributed by atoms with Gasteiger partial charge in [-0.2, -0.15) is 0 Å². The Balaban J connectivity index is 2.74. The molecular formula is C11H18N4O3S. The van der Waals surface area contributed by atoms with Gasteiger partial charge in [0.2, 0.25) is 15.9 Å². The highest BCUT2D eigenvalue weighted by Crippen LogP contribution is 2.19. The summed E-state index contributed by atoms with van der Waals surface area (Å²) in [7, 11) is -3.82. The van der Waals surface area contributed by atoms with Gasteiger partial charge in [0.25, 0.3) is 0 Å². The van der Waals surface area contributed by atoms with Gasteiger partial charge >= 0.3 is 0 Å². The van der Waals surface area contributed by atoms with Gasteiger partial charge in [-0.1, -0.05) is 6.92 Å². The Morgan fingerprint density at radius 1 is 1.32 bits per heavy atom. The SMILES string of the molecule is CCCNC(=O)CNc1cc(N)cc(S(N)(=O)=O)c1. The Hall–Kier alpha value is -1.80. The molecule has 1 aromatic rings. The van der Waals surface area contributed by atoms with Gasteiger partial charge in [-0.25, -0.2) is 13.6 Å². The quantitative estimate of drug-likeness (QED) is 0.541. The van der Waals surface area contributed by atoms with E-state index < -0.39 is 10.0 Å². The maximum atomic E-state index is 11.4. The third kappa shape index (κ3) is 5.14. The number of carbonyl (C=O) groups is 1. The van der Waals surface area contributed by atoms with Gasteiger partial charge in [-0.15, -0.1) is 0 Å². The first-order valence-corrected chi connectivity index (χ1v) is 7.31. The number of amides is 1. The van der Waals surface area contributed by atoms with Gasteiger partial charge in [0.05, 0.1) is 11.4 Å². The van der Waals surface area contributed by atoms with E-state index in [-0.39, 0.29) is 23.0 Å². The zero-order valence-electron chi connectivity index (χ0n) is 10.6. The smallest absolute Gasteiger partial charge is 0.239 e. The Morgan fingerprint density at radius 2 is 2.00 bits per heavy atom. The molecule has 6 N–H and O–H groups in total. The molecule has 0 unspecified atom stereocenters. The molecule has 0 spiro atoms. The number of nitrogens with one attached hydrogen (secondary N) is 2. The van der Waals surface area contributed by atoms with E-state index in [0.29, 0.717) is 12.2 Å². The average molecular weight is 286 g/mol. The largest absolute Gasteiger partial charge is 0.399 e. The first kappa shape index (κ1) is 15.3. The molecular weight excluding hydrogens is 268 g/mol. The van der Waals surface area contributed by atoms with E-state index >= 15 is 0 Å². The monoisotopic (exact) mass is 286 g/mol. The van der Waals surface area contributed by atoms with Crippen LogP contribution >= 0.6 is 0 Å². The number of rotatable bonds is 6. The molecule has 8 heteroatoms. The van der Waals surface area contributed by atoms with Crippen LogP contribution in [0.2, 0.25) is 0 Å². The van der Waals surface area contributed by atoms with Gasteiger partial charge in [0.1, 0.15) is 0 Å². The highest BCUT2D eigenvalue weighted by Gasteiger charge is 2.10. The van der Waals surface area contributed by atoms with Crippen LogP contribution in [0.4, 0.5) is 11.4 Å². The number of sulfonamides is 1. The summed E-state index contributed by atoms with van der Waals surface area (Å²) in [6.45, 7) is 2.58. The topological polar surface area (TPSA) is 127 Å². The van der Waals surface area contributed by atoms with Crippen molar-refractivity contribution in [2.75, 3.05) is 24.1 Å². The van der Waals surface area contributed by atoms with Crippen LogP contribution in [0.5, 0.6) is 0 Å². The van der Waals surface area contributed by atoms with Crippen LogP contribution in [0.3, 0.4) is 0 Å². The second-order valence-electron chi connectivity index (χ2n) is 4.04. The van der Waals surface area contributed by atoms with E-state index in [9.17, 15) is 13.2 Å². The van der Waals surface area contributed by atoms with Crippen molar-refractivity contribution >= 4 is 27.3 Å². The van der Waals surface area contributed by atoms with E-state index in [1.54, 1.807) is 0 Å². The van der Waals surface area contributed by atoms with E-state index in [1.807, 2.05) is 6.92 Å². The number of nitrogen functional groups attached to an aromatic ring is 1. The Kier molecular flexibility index (Phi) is 5.13. The minimum atomic E-state index is -3.82. The van der Waals surface area contributed by atoms with E-state index in [1.165, 1.54) is 18.2 Å². The molecule has 0 saturated heterocycles. The average Bonchev–Trinajstić information content (AvgIpc) is 2.32. The van der Waals surface area contributed by atoms with E-state index in [4.69, 9.17) is 10.9 Å². The number of hydrogen-bond acceptors (Lipinski definition) is 5. The third-order valence-corrected chi connectivity index (χ3v) is 3.18. The lowest BCUT2D eigenvalue weighted by Gasteiger charge is -2.09. The van der Waals surface area contributed by atoms with Crippen LogP contribution in [-0.4, -0.2) is 27.4 Å². The summed E-state index contributed by atoms with van der Waals surface area (Å²) in [4.78, 5) is 11.3. The van der Waals surface area contributed by atoms with Crippen molar-refractivity contribution in [2.24, 2.45) is 5.14 Å². The second-order valence-corrected chi connectivity index (χ2v) is 5.60. The molecule has 0 heterocycles. The molecule has 19 heavy (non-hydrogen) atoms. The fourth-order valence-electron chi connectivity index (χ4n) is 1.40. The minimum absolute atomic E-state index is 0.0352. The summed E-state index contributed by atoms with van der Waals surface area (Å²) >= 11 is 0. The molecule has 0 fully saturated rings. The molecule has 0 aliphatic rings. The lowest BCUT2D eigenvalue weighted by Crippen LogP contribution is -2.30. The minimum Gasteiger partial charge on any atom is -0.399 e. The number of anilines is 2. The predicted octanol–water partition coefficient (Wildman–Crippen LogP) is -0.146. The van der Waals surface area contributed by atoms with Crippen molar-refractivity contribution in [1.29, 1.82) is 0 Å². The molecule has 0 atom stereocenters. The summed E-state index contributed by atoms with van der Waals surface area (Å²) in [6.07, 6.45) is 0.847. The van der Waals surface area contributed by atoms with Crippen LogP contribution in [0.25, 0.3) is 0 Å². The van der Waals surface area contributed by atoms with Crippen molar-refractivity contribution in [1.82, 2.24) is 5.32 Å². The molecule has 0 bridgehead atoms. The van der Waals surface area contributed by atoms with Crippen molar-refractivity contribution in [3.8, 4) is 0 Å². The van der Waals surface area contributed by atoms with Crippen LogP contribution in [0.1, 0.15) is 13.3 Å². The Morgan fingerprint density at radius 3 is 2.58 bits per heavy atom. The summed E-state index contributed by atoms with van der Waals surface area (Å²) in [5, 5.41) is 10.5. The zero-order chi connectivity index (χ0) is 14.5. The molecule has 106 valence electrons. The molecule has 0 aliphatic carbocycles. The number of hydrogen-bond donors (Lipinski definition) is 4. The van der Waals surface area contributed by atoms with Crippen LogP contribution in [0.15, 0.2) is 23.1 Å². The summed E-state index contributed by atoms with van der Waals surface area (Å²) in [5.74, 6) is -0.179. The van der Waals surface area contributed by atoms with Crippen LogP contribution in [-0.2, 0) is 14.8 Å². The third-order valence-electron chi connectivity index (χ3n) is 2.28. The first-order valence-electron chi connectivity index (χ1n) is 5.77. The molecule has 1 rings (SSSR count). The summed E-state index contributed by atoms with van der Waals surface area (Å²) in [6, 6.07) is 4.12. The molecule has 0 aliphatic heterocycles. The number of carbonyl (C=O) groups excluding carboxylic acids is 1. The number of primary sulfonamides is 1. The highest BCUT2D eigenvalue weighted by molar-refractivity contribution is 7.89. The van der Waals surface area contributed by atoms with Gasteiger partial charge in [-0.3, -0.25) is 4.79 Å². The van der Waals surface area contributed by atoms with E-state index in [0.717, 1.165) is 6.42 Å². The Labute approximate surface area is 112 Å². The van der Waals surface area contributed by atoms with Gasteiger partial charge in [-0.05, 0) is 24.6 Å². The summed E-state index contributed by atoms with van der Waals surface area (Å²) in [5.41, 5.74) is 6.26. The standard InChI is InChI=1S/C11H18N4O3S/c1-2-3-14-11(16)7-15-9-4-8(12)5-10(6-9)19(13,17)18/h4-6,15H,2-3,7,12H2,1H3,(H,14,16)(H2,13,17,18). The van der Waals surface area contributed by atoms with Crippen molar-refractivity contribution in [3.05, 3.63) is 18.2 Å². The first-order chi connectivity index (χ1) is 8.82. The van der Waals surface area contributed by atoms with Crippen molar-refractivity contribution < 1.29 is 13.2 Å². The fraction of sp³-hybridized carbons (Fsp3) is 0.364. The van der Waals surface area contributed by atoms with Crippen molar-refractivity contribution in [3.63, 3.8) is 0 Å². The molecule has 7 nitrogen and oxygen atoms in total. The molecule has 1 aromatic carbocycles. The normalized spacial score (nSPS) is 11.1. The van der Waals surface area contributed by atoms with Gasteiger partial charge in [0.15, 0.2) is 0 Å². The van der Waals surface area contributed by atoms with Crippen LogP contribution in [0, 0.1) is 0 Å². The van der Waals surface area contributed by atoms with Gasteiger partial charge in [0, 0.05) is 17.9 Å². The lowest BCUT2D eigenvalue weighted by atomic mass is 10.3. The second kappa shape index (κ2) is 6.39. The van der Waals surface area contributed by atoms with Crippen molar-refractivity contribution in [2.45, 2.75) is 18.2 Å². The summed E-state index contributed by atoms with van der Waals surface area (Å²) < 4.78 is 22.5. The molecule has 1 amide bonds. The maximum Gasteiger partial charge on any atom is 0.239 e. The molecule has 0 saturated carbocycles.